The summed E-state index contributed by atoms with van der Waals surface area (Å²) in [6, 6.07) is 0. The maximum Gasteiger partial charge on any atom is 0.254 e. The number of piperidine rings is 1. The zero-order valence-corrected chi connectivity index (χ0v) is 10.9. The van der Waals surface area contributed by atoms with Gasteiger partial charge >= 0.3 is 0 Å². The molecule has 3 N–H and O–H groups in total. The van der Waals surface area contributed by atoms with Crippen LogP contribution in [0.25, 0.3) is 0 Å². The normalized spacial score (nSPS) is 18.6. The third-order valence-corrected chi connectivity index (χ3v) is 3.59. The van der Waals surface area contributed by atoms with Crippen molar-refractivity contribution in [2.75, 3.05) is 26.7 Å². The standard InChI is InChI=1S/C12H20N4O2/c1-9-10(7-15-16-9)11(17)14-8-12(18-2)3-5-13-6-4-12/h7,13H,3-6,8H2,1-2H3,(H,14,17)(H,15,16). The first-order valence-electron chi connectivity index (χ1n) is 6.21. The van der Waals surface area contributed by atoms with Crippen LogP contribution in [-0.4, -0.2) is 48.4 Å². The van der Waals surface area contributed by atoms with Crippen LogP contribution in [0.2, 0.25) is 0 Å². The molecule has 1 aromatic heterocycles. The smallest absolute Gasteiger partial charge is 0.254 e. The maximum atomic E-state index is 12.0. The quantitative estimate of drug-likeness (QED) is 0.716. The summed E-state index contributed by atoms with van der Waals surface area (Å²) in [5, 5.41) is 12.8. The minimum Gasteiger partial charge on any atom is -0.376 e. The molecule has 0 aliphatic carbocycles. The van der Waals surface area contributed by atoms with E-state index in [-0.39, 0.29) is 11.5 Å². The molecule has 2 heterocycles. The van der Waals surface area contributed by atoms with E-state index in [1.165, 1.54) is 0 Å². The summed E-state index contributed by atoms with van der Waals surface area (Å²) in [6.45, 7) is 4.22. The highest BCUT2D eigenvalue weighted by Gasteiger charge is 2.32. The van der Waals surface area contributed by atoms with E-state index in [0.29, 0.717) is 12.1 Å². The van der Waals surface area contributed by atoms with E-state index >= 15 is 0 Å². The monoisotopic (exact) mass is 252 g/mol. The van der Waals surface area contributed by atoms with Crippen LogP contribution in [0.4, 0.5) is 0 Å². The first kappa shape index (κ1) is 13.0. The number of aromatic amines is 1. The molecule has 1 saturated heterocycles. The molecule has 1 amide bonds. The molecule has 0 atom stereocenters. The second-order valence-electron chi connectivity index (χ2n) is 4.73. The fraction of sp³-hybridized carbons (Fsp3) is 0.667. The van der Waals surface area contributed by atoms with Crippen molar-refractivity contribution in [3.8, 4) is 0 Å². The van der Waals surface area contributed by atoms with Gasteiger partial charge in [-0.15, -0.1) is 0 Å². The average Bonchev–Trinajstić information content (AvgIpc) is 2.83. The Morgan fingerprint density at radius 1 is 1.56 bits per heavy atom. The van der Waals surface area contributed by atoms with E-state index in [9.17, 15) is 4.79 Å². The largest absolute Gasteiger partial charge is 0.376 e. The molecule has 0 bridgehead atoms. The summed E-state index contributed by atoms with van der Waals surface area (Å²) in [7, 11) is 1.71. The highest BCUT2D eigenvalue weighted by atomic mass is 16.5. The Balaban J connectivity index is 1.94. The number of amides is 1. The van der Waals surface area contributed by atoms with E-state index in [4.69, 9.17) is 4.74 Å². The van der Waals surface area contributed by atoms with Gasteiger partial charge in [0.15, 0.2) is 0 Å². The number of rotatable bonds is 4. The van der Waals surface area contributed by atoms with Crippen molar-refractivity contribution in [3.63, 3.8) is 0 Å². The molecule has 1 aromatic rings. The minimum absolute atomic E-state index is 0.101. The molecule has 0 saturated carbocycles. The van der Waals surface area contributed by atoms with Gasteiger partial charge in [-0.2, -0.15) is 5.10 Å². The summed E-state index contributed by atoms with van der Waals surface area (Å²) in [4.78, 5) is 12.0. The first-order valence-corrected chi connectivity index (χ1v) is 6.21. The van der Waals surface area contributed by atoms with Crippen LogP contribution in [0, 0.1) is 6.92 Å². The van der Waals surface area contributed by atoms with E-state index in [1.54, 1.807) is 13.3 Å². The van der Waals surface area contributed by atoms with Crippen molar-refractivity contribution in [2.24, 2.45) is 0 Å². The van der Waals surface area contributed by atoms with Crippen molar-refractivity contribution in [3.05, 3.63) is 17.5 Å². The molecule has 2 rings (SSSR count). The van der Waals surface area contributed by atoms with Gasteiger partial charge < -0.3 is 15.4 Å². The fourth-order valence-electron chi connectivity index (χ4n) is 2.25. The predicted octanol–water partition coefficient (Wildman–Crippen LogP) is 0.217. The molecule has 100 valence electrons. The second-order valence-corrected chi connectivity index (χ2v) is 4.73. The Bertz CT molecular complexity index is 410. The fourth-order valence-corrected chi connectivity index (χ4v) is 2.25. The summed E-state index contributed by atoms with van der Waals surface area (Å²) >= 11 is 0. The molecular formula is C12H20N4O2. The number of hydrogen-bond donors (Lipinski definition) is 3. The number of ether oxygens (including phenoxy) is 1. The third kappa shape index (κ3) is 2.70. The molecule has 0 spiro atoms. The molecule has 0 aromatic carbocycles. The van der Waals surface area contributed by atoms with Crippen LogP contribution < -0.4 is 10.6 Å². The lowest BCUT2D eigenvalue weighted by molar-refractivity contribution is -0.0312. The van der Waals surface area contributed by atoms with E-state index < -0.39 is 0 Å². The van der Waals surface area contributed by atoms with Gasteiger partial charge in [0.1, 0.15) is 0 Å². The first-order chi connectivity index (χ1) is 8.67. The van der Waals surface area contributed by atoms with Gasteiger partial charge in [-0.05, 0) is 32.9 Å². The Morgan fingerprint density at radius 2 is 2.28 bits per heavy atom. The van der Waals surface area contributed by atoms with Crippen molar-refractivity contribution >= 4 is 5.91 Å². The Morgan fingerprint density at radius 3 is 2.83 bits per heavy atom. The van der Waals surface area contributed by atoms with Crippen molar-refractivity contribution in [2.45, 2.75) is 25.4 Å². The number of H-pyrrole nitrogens is 1. The highest BCUT2D eigenvalue weighted by molar-refractivity contribution is 5.94. The minimum atomic E-state index is -0.238. The van der Waals surface area contributed by atoms with Gasteiger partial charge in [-0.1, -0.05) is 0 Å². The summed E-state index contributed by atoms with van der Waals surface area (Å²) < 4.78 is 5.60. The van der Waals surface area contributed by atoms with Crippen LogP contribution in [0.1, 0.15) is 28.9 Å². The number of nitrogens with zero attached hydrogens (tertiary/aromatic N) is 1. The van der Waals surface area contributed by atoms with Gasteiger partial charge in [0.05, 0.1) is 17.4 Å². The zero-order valence-electron chi connectivity index (χ0n) is 10.9. The molecule has 6 nitrogen and oxygen atoms in total. The van der Waals surface area contributed by atoms with Gasteiger partial charge in [0.25, 0.3) is 5.91 Å². The molecule has 18 heavy (non-hydrogen) atoms. The lowest BCUT2D eigenvalue weighted by Gasteiger charge is -2.36. The summed E-state index contributed by atoms with van der Waals surface area (Å²) in [5.41, 5.74) is 1.14. The molecule has 1 aliphatic heterocycles. The number of aromatic nitrogens is 2. The Labute approximate surface area is 106 Å². The molecular weight excluding hydrogens is 232 g/mol. The van der Waals surface area contributed by atoms with Gasteiger partial charge in [0.2, 0.25) is 0 Å². The molecule has 1 aliphatic rings. The third-order valence-electron chi connectivity index (χ3n) is 3.59. The number of carbonyl (C=O) groups excluding carboxylic acids is 1. The number of hydrogen-bond acceptors (Lipinski definition) is 4. The SMILES string of the molecule is COC1(CNC(=O)c2cn[nH]c2C)CCNCC1. The van der Waals surface area contributed by atoms with Gasteiger partial charge in [-0.3, -0.25) is 9.89 Å². The summed E-state index contributed by atoms with van der Waals surface area (Å²) in [6.07, 6.45) is 3.37. The van der Waals surface area contributed by atoms with E-state index in [1.807, 2.05) is 6.92 Å². The van der Waals surface area contributed by atoms with E-state index in [0.717, 1.165) is 31.6 Å². The molecule has 6 heteroatoms. The van der Waals surface area contributed by atoms with Crippen molar-refractivity contribution in [1.82, 2.24) is 20.8 Å². The molecule has 1 fully saturated rings. The molecule has 0 radical (unpaired) electrons. The van der Waals surface area contributed by atoms with Gasteiger partial charge in [0, 0.05) is 19.3 Å². The van der Waals surface area contributed by atoms with Crippen LogP contribution in [0.3, 0.4) is 0 Å². The average molecular weight is 252 g/mol. The lowest BCUT2D eigenvalue weighted by atomic mass is 9.92. The van der Waals surface area contributed by atoms with Crippen LogP contribution in [0.15, 0.2) is 6.20 Å². The predicted molar refractivity (Wildman–Crippen MR) is 67.5 cm³/mol. The van der Waals surface area contributed by atoms with E-state index in [2.05, 4.69) is 20.8 Å². The second kappa shape index (κ2) is 5.49. The number of aryl methyl sites for hydroxylation is 1. The Kier molecular flexibility index (Phi) is 3.98. The number of methoxy groups -OCH3 is 1. The lowest BCUT2D eigenvalue weighted by Crippen LogP contribution is -2.51. The Hall–Kier alpha value is -1.40. The maximum absolute atomic E-state index is 12.0. The van der Waals surface area contributed by atoms with Crippen LogP contribution in [0.5, 0.6) is 0 Å². The van der Waals surface area contributed by atoms with Crippen molar-refractivity contribution < 1.29 is 9.53 Å². The van der Waals surface area contributed by atoms with Crippen molar-refractivity contribution in [1.29, 1.82) is 0 Å². The summed E-state index contributed by atoms with van der Waals surface area (Å²) in [5.74, 6) is -0.101. The molecule has 0 unspecified atom stereocenters. The van der Waals surface area contributed by atoms with Gasteiger partial charge in [-0.25, -0.2) is 0 Å². The topological polar surface area (TPSA) is 79.0 Å². The highest BCUT2D eigenvalue weighted by Crippen LogP contribution is 2.21. The van der Waals surface area contributed by atoms with Crippen LogP contribution >= 0.6 is 0 Å². The zero-order chi connectivity index (χ0) is 13.0. The van der Waals surface area contributed by atoms with Crippen LogP contribution in [-0.2, 0) is 4.74 Å². The number of nitrogens with one attached hydrogen (secondary N) is 3. The number of carbonyl (C=O) groups is 1.